The summed E-state index contributed by atoms with van der Waals surface area (Å²) in [4.78, 5) is 4.05. The molecule has 3 aromatic rings. The number of imidazole rings is 1. The third-order valence-electron chi connectivity index (χ3n) is 3.10. The molecule has 2 N–H and O–H groups in total. The SMILES string of the molecule is Nc1nc2ccc(F)cc2n1-c1ccc(C(F)(F)F)cc1. The molecule has 1 heterocycles. The molecule has 0 aliphatic carbocycles. The van der Waals surface area contributed by atoms with E-state index in [9.17, 15) is 17.6 Å². The van der Waals surface area contributed by atoms with Gasteiger partial charge in [-0.1, -0.05) is 0 Å². The quantitative estimate of drug-likeness (QED) is 0.695. The van der Waals surface area contributed by atoms with Gasteiger partial charge in [0.2, 0.25) is 5.95 Å². The molecule has 0 aliphatic heterocycles. The minimum Gasteiger partial charge on any atom is -0.369 e. The molecule has 0 spiro atoms. The molecule has 2 aromatic carbocycles. The Morgan fingerprint density at radius 1 is 1.00 bits per heavy atom. The Kier molecular flexibility index (Phi) is 2.86. The van der Waals surface area contributed by atoms with Crippen molar-refractivity contribution in [2.24, 2.45) is 0 Å². The van der Waals surface area contributed by atoms with Gasteiger partial charge in [0.1, 0.15) is 5.82 Å². The van der Waals surface area contributed by atoms with E-state index in [1.54, 1.807) is 0 Å². The zero-order chi connectivity index (χ0) is 15.2. The summed E-state index contributed by atoms with van der Waals surface area (Å²) in [6, 6.07) is 8.36. The van der Waals surface area contributed by atoms with Crippen molar-refractivity contribution in [3.63, 3.8) is 0 Å². The predicted molar refractivity (Wildman–Crippen MR) is 70.4 cm³/mol. The standard InChI is InChI=1S/C14H9F4N3/c15-9-3-6-11-12(7-9)21(13(19)20-11)10-4-1-8(2-5-10)14(16,17)18/h1-7H,(H2,19,20). The van der Waals surface area contributed by atoms with Crippen LogP contribution in [0.15, 0.2) is 42.5 Å². The van der Waals surface area contributed by atoms with Gasteiger partial charge in [0.15, 0.2) is 0 Å². The van der Waals surface area contributed by atoms with Gasteiger partial charge >= 0.3 is 6.18 Å². The van der Waals surface area contributed by atoms with Gasteiger partial charge in [-0.15, -0.1) is 0 Å². The number of hydrogen-bond donors (Lipinski definition) is 1. The third-order valence-corrected chi connectivity index (χ3v) is 3.10. The van der Waals surface area contributed by atoms with Crippen molar-refractivity contribution in [1.82, 2.24) is 9.55 Å². The molecule has 1 aromatic heterocycles. The smallest absolute Gasteiger partial charge is 0.369 e. The van der Waals surface area contributed by atoms with E-state index in [1.807, 2.05) is 0 Å². The van der Waals surface area contributed by atoms with Crippen LogP contribution >= 0.6 is 0 Å². The largest absolute Gasteiger partial charge is 0.416 e. The summed E-state index contributed by atoms with van der Waals surface area (Å²) in [5.74, 6) is -0.397. The first kappa shape index (κ1) is 13.4. The fourth-order valence-corrected chi connectivity index (χ4v) is 2.14. The van der Waals surface area contributed by atoms with E-state index in [2.05, 4.69) is 4.98 Å². The Labute approximate surface area is 116 Å². The number of rotatable bonds is 1. The van der Waals surface area contributed by atoms with E-state index in [1.165, 1.54) is 34.9 Å². The second kappa shape index (κ2) is 4.47. The Morgan fingerprint density at radius 2 is 1.67 bits per heavy atom. The highest BCUT2D eigenvalue weighted by Gasteiger charge is 2.30. The number of nitrogens with two attached hydrogens (primary N) is 1. The lowest BCUT2D eigenvalue weighted by Gasteiger charge is -2.10. The number of halogens is 4. The monoisotopic (exact) mass is 295 g/mol. The second-order valence-electron chi connectivity index (χ2n) is 4.48. The molecule has 0 bridgehead atoms. The van der Waals surface area contributed by atoms with Gasteiger partial charge in [-0.2, -0.15) is 13.2 Å². The van der Waals surface area contributed by atoms with Crippen LogP contribution in [0.4, 0.5) is 23.5 Å². The summed E-state index contributed by atoms with van der Waals surface area (Å²) >= 11 is 0. The maximum Gasteiger partial charge on any atom is 0.416 e. The third kappa shape index (κ3) is 2.31. The summed E-state index contributed by atoms with van der Waals surface area (Å²) < 4.78 is 52.4. The van der Waals surface area contributed by atoms with E-state index >= 15 is 0 Å². The lowest BCUT2D eigenvalue weighted by atomic mass is 10.2. The van der Waals surface area contributed by atoms with Crippen molar-refractivity contribution < 1.29 is 17.6 Å². The summed E-state index contributed by atoms with van der Waals surface area (Å²) in [5.41, 5.74) is 6.25. The van der Waals surface area contributed by atoms with Gasteiger partial charge < -0.3 is 5.73 Å². The van der Waals surface area contributed by atoms with E-state index in [0.29, 0.717) is 16.7 Å². The van der Waals surface area contributed by atoms with Crippen molar-refractivity contribution in [3.8, 4) is 5.69 Å². The van der Waals surface area contributed by atoms with Crippen molar-refractivity contribution in [2.45, 2.75) is 6.18 Å². The van der Waals surface area contributed by atoms with Crippen LogP contribution in [0.3, 0.4) is 0 Å². The average Bonchev–Trinajstić information content (AvgIpc) is 2.73. The molecular weight excluding hydrogens is 286 g/mol. The van der Waals surface area contributed by atoms with Crippen LogP contribution < -0.4 is 5.73 Å². The van der Waals surface area contributed by atoms with Gasteiger partial charge in [-0.05, 0) is 36.4 Å². The molecular formula is C14H9F4N3. The zero-order valence-electron chi connectivity index (χ0n) is 10.5. The topological polar surface area (TPSA) is 43.8 Å². The maximum atomic E-state index is 13.3. The lowest BCUT2D eigenvalue weighted by molar-refractivity contribution is -0.137. The number of nitrogen functional groups attached to an aromatic ring is 1. The first-order chi connectivity index (χ1) is 9.86. The molecule has 0 amide bonds. The van der Waals surface area contributed by atoms with Gasteiger partial charge in [0.05, 0.1) is 16.6 Å². The molecule has 0 unspecified atom stereocenters. The molecule has 21 heavy (non-hydrogen) atoms. The first-order valence-corrected chi connectivity index (χ1v) is 5.97. The van der Waals surface area contributed by atoms with Crippen molar-refractivity contribution in [3.05, 3.63) is 53.8 Å². The fraction of sp³-hybridized carbons (Fsp3) is 0.0714. The number of aromatic nitrogens is 2. The highest BCUT2D eigenvalue weighted by molar-refractivity contribution is 5.80. The zero-order valence-corrected chi connectivity index (χ0v) is 10.5. The first-order valence-electron chi connectivity index (χ1n) is 5.97. The molecule has 0 radical (unpaired) electrons. The highest BCUT2D eigenvalue weighted by atomic mass is 19.4. The highest BCUT2D eigenvalue weighted by Crippen LogP contribution is 2.31. The van der Waals surface area contributed by atoms with Crippen LogP contribution in [-0.4, -0.2) is 9.55 Å². The summed E-state index contributed by atoms with van der Waals surface area (Å²) in [6.07, 6.45) is -4.41. The van der Waals surface area contributed by atoms with E-state index in [-0.39, 0.29) is 5.95 Å². The summed E-state index contributed by atoms with van der Waals surface area (Å²) in [6.45, 7) is 0. The minimum absolute atomic E-state index is 0.0790. The molecule has 0 fully saturated rings. The number of nitrogens with zero attached hydrogens (tertiary/aromatic N) is 2. The van der Waals surface area contributed by atoms with E-state index in [4.69, 9.17) is 5.73 Å². The van der Waals surface area contributed by atoms with E-state index in [0.717, 1.165) is 12.1 Å². The van der Waals surface area contributed by atoms with Crippen LogP contribution in [0, 0.1) is 5.82 Å². The lowest BCUT2D eigenvalue weighted by Crippen LogP contribution is -2.06. The summed E-state index contributed by atoms with van der Waals surface area (Å²) in [7, 11) is 0. The van der Waals surface area contributed by atoms with Crippen molar-refractivity contribution in [1.29, 1.82) is 0 Å². The fourth-order valence-electron chi connectivity index (χ4n) is 2.14. The number of hydrogen-bond acceptors (Lipinski definition) is 2. The Bertz CT molecular complexity index is 803. The maximum absolute atomic E-state index is 13.3. The van der Waals surface area contributed by atoms with Crippen LogP contribution in [-0.2, 0) is 6.18 Å². The van der Waals surface area contributed by atoms with Crippen molar-refractivity contribution in [2.75, 3.05) is 5.73 Å². The number of anilines is 1. The van der Waals surface area contributed by atoms with Crippen LogP contribution in [0.5, 0.6) is 0 Å². The van der Waals surface area contributed by atoms with Gasteiger partial charge in [0.25, 0.3) is 0 Å². The van der Waals surface area contributed by atoms with Gasteiger partial charge in [-0.3, -0.25) is 4.57 Å². The Hall–Kier alpha value is -2.57. The molecule has 7 heteroatoms. The van der Waals surface area contributed by atoms with Gasteiger partial charge in [0, 0.05) is 11.8 Å². The molecule has 0 aliphatic rings. The van der Waals surface area contributed by atoms with E-state index < -0.39 is 17.6 Å². The molecule has 0 atom stereocenters. The predicted octanol–water partition coefficient (Wildman–Crippen LogP) is 3.77. The molecule has 0 saturated heterocycles. The minimum atomic E-state index is -4.41. The number of fused-ring (bicyclic) bond motifs is 1. The molecule has 0 saturated carbocycles. The molecule has 3 nitrogen and oxygen atoms in total. The Balaban J connectivity index is 2.16. The van der Waals surface area contributed by atoms with Gasteiger partial charge in [-0.25, -0.2) is 9.37 Å². The Morgan fingerprint density at radius 3 is 2.29 bits per heavy atom. The summed E-state index contributed by atoms with van der Waals surface area (Å²) in [5, 5.41) is 0. The molecule has 3 rings (SSSR count). The van der Waals surface area contributed by atoms with Crippen molar-refractivity contribution >= 4 is 17.0 Å². The molecule has 108 valence electrons. The van der Waals surface area contributed by atoms with Crippen LogP contribution in [0.2, 0.25) is 0 Å². The number of alkyl halides is 3. The average molecular weight is 295 g/mol. The second-order valence-corrected chi connectivity index (χ2v) is 4.48. The normalized spacial score (nSPS) is 12.0. The van der Waals surface area contributed by atoms with Crippen LogP contribution in [0.1, 0.15) is 5.56 Å². The van der Waals surface area contributed by atoms with Crippen LogP contribution in [0.25, 0.3) is 16.7 Å². The number of benzene rings is 2.